The maximum atomic E-state index is 11.2. The molecule has 3 aromatic heterocycles. The zero-order valence-electron chi connectivity index (χ0n) is 10.4. The van der Waals surface area contributed by atoms with Gasteiger partial charge in [0, 0.05) is 11.1 Å². The van der Waals surface area contributed by atoms with Crippen LogP contribution in [-0.4, -0.2) is 30.4 Å². The lowest BCUT2D eigenvalue weighted by Crippen LogP contribution is -2.02. The normalized spacial score (nSPS) is 11.1. The second kappa shape index (κ2) is 4.84. The number of thiazole rings is 1. The highest BCUT2D eigenvalue weighted by Gasteiger charge is 2.17. The maximum absolute atomic E-state index is 11.2. The first-order valence-electron chi connectivity index (χ1n) is 5.81. The van der Waals surface area contributed by atoms with Crippen molar-refractivity contribution in [3.63, 3.8) is 0 Å². The predicted molar refractivity (Wildman–Crippen MR) is 75.4 cm³/mol. The summed E-state index contributed by atoms with van der Waals surface area (Å²) < 4.78 is 1.68. The van der Waals surface area contributed by atoms with Crippen molar-refractivity contribution in [2.24, 2.45) is 0 Å². The van der Waals surface area contributed by atoms with E-state index in [0.717, 1.165) is 12.1 Å². The molecule has 0 spiro atoms. The fourth-order valence-corrected chi connectivity index (χ4v) is 2.84. The standard InChI is InChI=1S/C12H9ClN4O2S/c1-2-6-3-7(11-16-8(13)4-20-11)15-10-9(12(18)19)14-5-17(6)10/h3-5H,2H2,1H3,(H,18,19). The highest BCUT2D eigenvalue weighted by Crippen LogP contribution is 2.26. The fourth-order valence-electron chi connectivity index (χ4n) is 1.94. The molecular weight excluding hydrogens is 300 g/mol. The molecule has 8 heteroatoms. The Morgan fingerprint density at radius 1 is 1.50 bits per heavy atom. The zero-order chi connectivity index (χ0) is 14.3. The lowest BCUT2D eigenvalue weighted by Gasteiger charge is -2.05. The summed E-state index contributed by atoms with van der Waals surface area (Å²) >= 11 is 7.19. The number of rotatable bonds is 3. The van der Waals surface area contributed by atoms with Crippen LogP contribution in [0.5, 0.6) is 0 Å². The number of imidazole rings is 1. The van der Waals surface area contributed by atoms with Crippen LogP contribution in [-0.2, 0) is 6.42 Å². The van der Waals surface area contributed by atoms with Gasteiger partial charge in [0.2, 0.25) is 0 Å². The van der Waals surface area contributed by atoms with E-state index in [9.17, 15) is 4.79 Å². The largest absolute Gasteiger partial charge is 0.476 e. The minimum Gasteiger partial charge on any atom is -0.476 e. The van der Waals surface area contributed by atoms with Crippen LogP contribution in [0.25, 0.3) is 16.3 Å². The van der Waals surface area contributed by atoms with E-state index in [-0.39, 0.29) is 5.69 Å². The van der Waals surface area contributed by atoms with Crippen molar-refractivity contribution in [3.8, 4) is 10.7 Å². The Labute approximate surface area is 122 Å². The van der Waals surface area contributed by atoms with Gasteiger partial charge in [-0.25, -0.2) is 19.7 Å². The molecule has 102 valence electrons. The molecule has 0 aliphatic carbocycles. The van der Waals surface area contributed by atoms with E-state index >= 15 is 0 Å². The summed E-state index contributed by atoms with van der Waals surface area (Å²) in [6.07, 6.45) is 2.20. The molecular formula is C12H9ClN4O2S. The summed E-state index contributed by atoms with van der Waals surface area (Å²) in [7, 11) is 0. The van der Waals surface area contributed by atoms with Crippen molar-refractivity contribution >= 4 is 34.6 Å². The molecule has 1 N–H and O–H groups in total. The molecule has 0 fully saturated rings. The van der Waals surface area contributed by atoms with Gasteiger partial charge in [0.05, 0.1) is 0 Å². The summed E-state index contributed by atoms with van der Waals surface area (Å²) in [5, 5.41) is 11.9. The highest BCUT2D eigenvalue weighted by molar-refractivity contribution is 7.13. The van der Waals surface area contributed by atoms with Crippen molar-refractivity contribution in [1.82, 2.24) is 19.4 Å². The number of aryl methyl sites for hydroxylation is 1. The summed E-state index contributed by atoms with van der Waals surface area (Å²) in [6, 6.07) is 1.87. The van der Waals surface area contributed by atoms with Crippen LogP contribution < -0.4 is 0 Å². The number of carboxylic acid groups (broad SMARTS) is 1. The molecule has 0 aromatic carbocycles. The number of aromatic nitrogens is 4. The number of carbonyl (C=O) groups is 1. The van der Waals surface area contributed by atoms with Crippen LogP contribution in [0.2, 0.25) is 5.15 Å². The number of nitrogens with zero attached hydrogens (tertiary/aromatic N) is 4. The van der Waals surface area contributed by atoms with Crippen LogP contribution in [0.4, 0.5) is 0 Å². The Morgan fingerprint density at radius 2 is 2.30 bits per heavy atom. The molecule has 0 saturated carbocycles. The fraction of sp³-hybridized carbons (Fsp3) is 0.167. The molecule has 0 aliphatic rings. The van der Waals surface area contributed by atoms with E-state index in [1.807, 2.05) is 13.0 Å². The van der Waals surface area contributed by atoms with Gasteiger partial charge < -0.3 is 5.11 Å². The number of aromatic carboxylic acids is 1. The summed E-state index contributed by atoms with van der Waals surface area (Å²) in [4.78, 5) is 23.6. The third-order valence-electron chi connectivity index (χ3n) is 2.84. The van der Waals surface area contributed by atoms with E-state index in [0.29, 0.717) is 21.5 Å². The average molecular weight is 309 g/mol. The highest BCUT2D eigenvalue weighted by atomic mass is 35.5. The quantitative estimate of drug-likeness (QED) is 0.804. The van der Waals surface area contributed by atoms with Gasteiger partial charge in [0.15, 0.2) is 11.3 Å². The van der Waals surface area contributed by atoms with Gasteiger partial charge >= 0.3 is 5.97 Å². The third kappa shape index (κ3) is 2.04. The van der Waals surface area contributed by atoms with Crippen molar-refractivity contribution in [2.75, 3.05) is 0 Å². The zero-order valence-corrected chi connectivity index (χ0v) is 11.9. The maximum Gasteiger partial charge on any atom is 0.358 e. The van der Waals surface area contributed by atoms with Gasteiger partial charge in [-0.05, 0) is 12.5 Å². The van der Waals surface area contributed by atoms with Gasteiger partial charge in [0.1, 0.15) is 22.2 Å². The third-order valence-corrected chi connectivity index (χ3v) is 4.03. The number of halogens is 1. The average Bonchev–Trinajstić information content (AvgIpc) is 3.03. The van der Waals surface area contributed by atoms with Gasteiger partial charge in [-0.1, -0.05) is 18.5 Å². The van der Waals surface area contributed by atoms with Crippen LogP contribution >= 0.6 is 22.9 Å². The van der Waals surface area contributed by atoms with Gasteiger partial charge in [-0.2, -0.15) is 0 Å². The molecule has 0 atom stereocenters. The van der Waals surface area contributed by atoms with E-state index < -0.39 is 5.97 Å². The molecule has 3 heterocycles. The lowest BCUT2D eigenvalue weighted by atomic mass is 10.2. The predicted octanol–water partition coefficient (Wildman–Crippen LogP) is 2.77. The van der Waals surface area contributed by atoms with Gasteiger partial charge in [-0.3, -0.25) is 4.40 Å². The van der Waals surface area contributed by atoms with Crippen LogP contribution in [0.3, 0.4) is 0 Å². The van der Waals surface area contributed by atoms with Crippen LogP contribution in [0.15, 0.2) is 17.8 Å². The second-order valence-corrected chi connectivity index (χ2v) is 5.30. The van der Waals surface area contributed by atoms with Crippen LogP contribution in [0.1, 0.15) is 23.1 Å². The number of hydrogen-bond donors (Lipinski definition) is 1. The number of fused-ring (bicyclic) bond motifs is 1. The monoisotopic (exact) mass is 308 g/mol. The first-order chi connectivity index (χ1) is 9.60. The first-order valence-corrected chi connectivity index (χ1v) is 7.07. The Balaban J connectivity index is 2.29. The Bertz CT molecular complexity index is 811. The minimum absolute atomic E-state index is 0.0656. The summed E-state index contributed by atoms with van der Waals surface area (Å²) in [5.74, 6) is -1.10. The topological polar surface area (TPSA) is 80.4 Å². The number of carboxylic acids is 1. The first kappa shape index (κ1) is 13.0. The molecule has 0 unspecified atom stereocenters. The molecule has 0 radical (unpaired) electrons. The molecule has 3 aromatic rings. The molecule has 6 nitrogen and oxygen atoms in total. The SMILES string of the molecule is CCc1cc(-c2nc(Cl)cs2)nc2c(C(=O)O)ncn12. The number of hydrogen-bond acceptors (Lipinski definition) is 5. The van der Waals surface area contributed by atoms with E-state index in [4.69, 9.17) is 16.7 Å². The van der Waals surface area contributed by atoms with Crippen LogP contribution in [0, 0.1) is 0 Å². The van der Waals surface area contributed by atoms with Gasteiger partial charge in [-0.15, -0.1) is 11.3 Å². The van der Waals surface area contributed by atoms with Crippen molar-refractivity contribution < 1.29 is 9.90 Å². The van der Waals surface area contributed by atoms with E-state index in [1.54, 1.807) is 9.78 Å². The van der Waals surface area contributed by atoms with Crippen molar-refractivity contribution in [1.29, 1.82) is 0 Å². The summed E-state index contributed by atoms with van der Waals surface area (Å²) in [6.45, 7) is 1.98. The molecule has 0 bridgehead atoms. The molecule has 3 rings (SSSR count). The Morgan fingerprint density at radius 3 is 2.90 bits per heavy atom. The van der Waals surface area contributed by atoms with Gasteiger partial charge in [0.25, 0.3) is 0 Å². The van der Waals surface area contributed by atoms with Crippen molar-refractivity contribution in [2.45, 2.75) is 13.3 Å². The Hall–Kier alpha value is -1.99. The van der Waals surface area contributed by atoms with E-state index in [1.165, 1.54) is 17.7 Å². The molecule has 0 aliphatic heterocycles. The molecule has 20 heavy (non-hydrogen) atoms. The smallest absolute Gasteiger partial charge is 0.358 e. The Kier molecular flexibility index (Phi) is 3.15. The van der Waals surface area contributed by atoms with Crippen molar-refractivity contribution in [3.05, 3.63) is 34.3 Å². The lowest BCUT2D eigenvalue weighted by molar-refractivity contribution is 0.0693. The van der Waals surface area contributed by atoms with E-state index in [2.05, 4.69) is 15.0 Å². The molecule has 0 amide bonds. The summed E-state index contributed by atoms with van der Waals surface area (Å²) in [5.41, 5.74) is 1.77. The molecule has 0 saturated heterocycles. The second-order valence-electron chi connectivity index (χ2n) is 4.05. The minimum atomic E-state index is -1.10.